The average molecular weight is 831 g/mol. The Labute approximate surface area is 349 Å². The van der Waals surface area contributed by atoms with Crippen LogP contribution in [-0.4, -0.2) is 70.3 Å². The molecule has 0 aliphatic carbocycles. The Kier molecular flexibility index (Phi) is 12.8. The maximum Gasteiger partial charge on any atom is 0.290 e. The molecule has 2 saturated heterocycles. The molecule has 13 heteroatoms. The van der Waals surface area contributed by atoms with Crippen molar-refractivity contribution in [3.05, 3.63) is 183 Å². The molecule has 60 heavy (non-hydrogen) atoms. The fourth-order valence-corrected chi connectivity index (χ4v) is 8.47. The third kappa shape index (κ3) is 9.43. The maximum atomic E-state index is 15.0. The van der Waals surface area contributed by atoms with E-state index in [1.165, 1.54) is 0 Å². The lowest BCUT2D eigenvalue weighted by Crippen LogP contribution is -2.44. The maximum absolute atomic E-state index is 15.0. The van der Waals surface area contributed by atoms with Crippen molar-refractivity contribution in [3.8, 4) is 0 Å². The van der Waals surface area contributed by atoms with Crippen LogP contribution >= 0.6 is 11.8 Å². The van der Waals surface area contributed by atoms with Gasteiger partial charge in [-0.25, -0.2) is 13.2 Å². The number of nitrogens with one attached hydrogen (secondary N) is 2. The molecule has 2 fully saturated rings. The molecule has 0 aromatic heterocycles. The van der Waals surface area contributed by atoms with Crippen molar-refractivity contribution in [1.82, 2.24) is 20.4 Å². The molecule has 0 bridgehead atoms. The lowest BCUT2D eigenvalue weighted by atomic mass is 9.94. The molecule has 9 nitrogen and oxygen atoms in total. The van der Waals surface area contributed by atoms with E-state index in [2.05, 4.69) is 53.6 Å². The summed E-state index contributed by atoms with van der Waals surface area (Å²) in [4.78, 5) is 69.9. The summed E-state index contributed by atoms with van der Waals surface area (Å²) < 4.78 is 43.7. The standard InChI is InChI=1S/C47H41F3N4O5S/c1-28(2)26-53(42(30-9-5-3-6-10-30)31-11-7-4-8-12-31)36-24-35(25-51-44(56)32-15-13-29(14-16-32)21-41-45(57)52-47(59)60-41)54(27-36)46(58)39-22-33(48)17-19-37(39)43(55)38-20-18-34(49)23-40(38)50/h3-23,28,35-36,42H,24-27H2,1-2H3,(H,51,56)(H,52,57,59)/b41-21-/t35-,36+/m0/s1. The summed E-state index contributed by atoms with van der Waals surface area (Å²) in [6.07, 6.45) is 1.94. The summed E-state index contributed by atoms with van der Waals surface area (Å²) in [6.45, 7) is 4.99. The molecule has 5 aromatic rings. The van der Waals surface area contributed by atoms with Gasteiger partial charge in [-0.15, -0.1) is 0 Å². The van der Waals surface area contributed by atoms with Crippen LogP contribution in [0.4, 0.5) is 18.0 Å². The van der Waals surface area contributed by atoms with Crippen LogP contribution in [0.25, 0.3) is 6.08 Å². The van der Waals surface area contributed by atoms with Crippen molar-refractivity contribution >= 4 is 46.6 Å². The highest BCUT2D eigenvalue weighted by atomic mass is 32.2. The van der Waals surface area contributed by atoms with Gasteiger partial charge >= 0.3 is 0 Å². The molecule has 0 unspecified atom stereocenters. The Morgan fingerprint density at radius 2 is 1.43 bits per heavy atom. The summed E-state index contributed by atoms with van der Waals surface area (Å²) in [6, 6.07) is 30.9. The number of imide groups is 1. The Balaban J connectivity index is 1.22. The van der Waals surface area contributed by atoms with E-state index < -0.39 is 57.8 Å². The van der Waals surface area contributed by atoms with E-state index in [-0.39, 0.29) is 47.1 Å². The molecule has 0 radical (unpaired) electrons. The number of nitrogens with zero attached hydrogens (tertiary/aromatic N) is 2. The highest BCUT2D eigenvalue weighted by Gasteiger charge is 2.42. The third-order valence-corrected chi connectivity index (χ3v) is 11.3. The third-order valence-electron chi connectivity index (χ3n) is 10.5. The van der Waals surface area contributed by atoms with E-state index in [0.717, 1.165) is 53.2 Å². The van der Waals surface area contributed by atoms with Crippen LogP contribution in [0.2, 0.25) is 0 Å². The Morgan fingerprint density at radius 1 is 0.817 bits per heavy atom. The molecule has 2 heterocycles. The lowest BCUT2D eigenvalue weighted by Gasteiger charge is -2.38. The van der Waals surface area contributed by atoms with Crippen LogP contribution in [-0.2, 0) is 4.79 Å². The van der Waals surface area contributed by atoms with Gasteiger partial charge in [0.2, 0.25) is 0 Å². The summed E-state index contributed by atoms with van der Waals surface area (Å²) in [5, 5.41) is 4.70. The second-order valence-electron chi connectivity index (χ2n) is 15.1. The van der Waals surface area contributed by atoms with Crippen LogP contribution in [0.5, 0.6) is 0 Å². The second kappa shape index (κ2) is 18.3. The van der Waals surface area contributed by atoms with Gasteiger partial charge in [0.25, 0.3) is 23.0 Å². The minimum Gasteiger partial charge on any atom is -0.350 e. The molecular formula is C47H41F3N4O5S. The summed E-state index contributed by atoms with van der Waals surface area (Å²) in [5.41, 5.74) is 1.96. The van der Waals surface area contributed by atoms with Gasteiger partial charge in [0.15, 0.2) is 5.78 Å². The van der Waals surface area contributed by atoms with Gasteiger partial charge in [-0.3, -0.25) is 34.2 Å². The topological polar surface area (TPSA) is 116 Å². The van der Waals surface area contributed by atoms with Gasteiger partial charge in [-0.2, -0.15) is 0 Å². The molecule has 2 N–H and O–H groups in total. The molecule has 5 aromatic carbocycles. The minimum absolute atomic E-state index is 0.00611. The van der Waals surface area contributed by atoms with E-state index in [0.29, 0.717) is 30.2 Å². The first-order chi connectivity index (χ1) is 28.9. The number of hydrogen-bond donors (Lipinski definition) is 2. The predicted octanol–water partition coefficient (Wildman–Crippen LogP) is 8.42. The van der Waals surface area contributed by atoms with Crippen molar-refractivity contribution in [2.45, 2.75) is 38.4 Å². The monoisotopic (exact) mass is 830 g/mol. The molecule has 2 atom stereocenters. The molecule has 2 aliphatic rings. The molecule has 0 saturated carbocycles. The van der Waals surface area contributed by atoms with Gasteiger partial charge in [-0.05, 0) is 89.3 Å². The van der Waals surface area contributed by atoms with Gasteiger partial charge in [-0.1, -0.05) is 86.6 Å². The number of carbonyl (C=O) groups is 5. The average Bonchev–Trinajstić information content (AvgIpc) is 3.81. The zero-order chi connectivity index (χ0) is 42.5. The normalized spacial score (nSPS) is 17.2. The number of amides is 4. The van der Waals surface area contributed by atoms with Gasteiger partial charge in [0, 0.05) is 42.9 Å². The first-order valence-electron chi connectivity index (χ1n) is 19.4. The highest BCUT2D eigenvalue weighted by molar-refractivity contribution is 8.18. The first kappa shape index (κ1) is 41.8. The Bertz CT molecular complexity index is 2430. The fraction of sp³-hybridized carbons (Fsp3) is 0.213. The summed E-state index contributed by atoms with van der Waals surface area (Å²) in [5.74, 6) is -5.13. The van der Waals surface area contributed by atoms with Crippen molar-refractivity contribution < 1.29 is 37.1 Å². The van der Waals surface area contributed by atoms with E-state index in [4.69, 9.17) is 0 Å². The number of carbonyl (C=O) groups excluding carboxylic acids is 5. The van der Waals surface area contributed by atoms with Crippen molar-refractivity contribution in [1.29, 1.82) is 0 Å². The van der Waals surface area contributed by atoms with Gasteiger partial charge < -0.3 is 10.2 Å². The number of hydrogen-bond acceptors (Lipinski definition) is 7. The number of thioether (sulfide) groups is 1. The smallest absolute Gasteiger partial charge is 0.290 e. The van der Waals surface area contributed by atoms with E-state index in [9.17, 15) is 32.8 Å². The zero-order valence-corrected chi connectivity index (χ0v) is 33.6. The highest BCUT2D eigenvalue weighted by Crippen LogP contribution is 2.36. The minimum atomic E-state index is -1.12. The van der Waals surface area contributed by atoms with Crippen LogP contribution in [0, 0.1) is 23.4 Å². The van der Waals surface area contributed by atoms with Crippen LogP contribution in [0.15, 0.2) is 126 Å². The van der Waals surface area contributed by atoms with E-state index in [1.807, 2.05) is 36.4 Å². The number of benzene rings is 5. The van der Waals surface area contributed by atoms with Crippen molar-refractivity contribution in [3.63, 3.8) is 0 Å². The van der Waals surface area contributed by atoms with Gasteiger partial charge in [0.05, 0.1) is 28.1 Å². The quantitative estimate of drug-likeness (QED) is 0.0905. The lowest BCUT2D eigenvalue weighted by molar-refractivity contribution is -0.115. The van der Waals surface area contributed by atoms with Crippen molar-refractivity contribution in [2.24, 2.45) is 5.92 Å². The van der Waals surface area contributed by atoms with E-state index >= 15 is 4.39 Å². The zero-order valence-electron chi connectivity index (χ0n) is 32.7. The largest absolute Gasteiger partial charge is 0.350 e. The molecular weight excluding hydrogens is 790 g/mol. The molecule has 306 valence electrons. The second-order valence-corrected chi connectivity index (χ2v) is 16.2. The number of halogens is 3. The number of likely N-dealkylation sites (tertiary alicyclic amines) is 1. The fourth-order valence-electron chi connectivity index (χ4n) is 7.79. The van der Waals surface area contributed by atoms with E-state index in [1.54, 1.807) is 35.2 Å². The number of ketones is 1. The SMILES string of the molecule is CC(C)CN(C(c1ccccc1)c1ccccc1)[C@@H]1C[C@@H](CNC(=O)c2ccc(/C=C3\SC(=O)NC3=O)cc2)N(C(=O)c2cc(F)ccc2C(=O)c2ccc(F)cc2F)C1. The summed E-state index contributed by atoms with van der Waals surface area (Å²) >= 11 is 0.786. The van der Waals surface area contributed by atoms with Crippen LogP contribution < -0.4 is 10.6 Å². The Morgan fingerprint density at radius 3 is 2.02 bits per heavy atom. The van der Waals surface area contributed by atoms with Crippen LogP contribution in [0.1, 0.15) is 79.6 Å². The first-order valence-corrected chi connectivity index (χ1v) is 20.3. The van der Waals surface area contributed by atoms with Gasteiger partial charge in [0.1, 0.15) is 17.5 Å². The summed E-state index contributed by atoms with van der Waals surface area (Å²) in [7, 11) is 0. The Hall–Kier alpha value is -6.31. The van der Waals surface area contributed by atoms with Crippen molar-refractivity contribution in [2.75, 3.05) is 19.6 Å². The molecule has 4 amide bonds. The number of rotatable bonds is 13. The molecule has 2 aliphatic heterocycles. The van der Waals surface area contributed by atoms with Crippen LogP contribution in [0.3, 0.4) is 0 Å². The molecule has 7 rings (SSSR count). The predicted molar refractivity (Wildman–Crippen MR) is 224 cm³/mol. The molecule has 0 spiro atoms.